The zero-order valence-corrected chi connectivity index (χ0v) is 20.2. The van der Waals surface area contributed by atoms with Gasteiger partial charge < -0.3 is 15.4 Å². The molecule has 2 N–H and O–H groups in total. The molecule has 2 amide bonds. The zero-order chi connectivity index (χ0) is 24.0. The van der Waals surface area contributed by atoms with Crippen LogP contribution in [0.1, 0.15) is 56.6 Å². The summed E-state index contributed by atoms with van der Waals surface area (Å²) in [5.74, 6) is -1.21. The summed E-state index contributed by atoms with van der Waals surface area (Å²) in [7, 11) is 0. The Kier molecular flexibility index (Phi) is 8.25. The fourth-order valence-corrected chi connectivity index (χ4v) is 4.55. The maximum Gasteiger partial charge on any atom is 0.341 e. The second kappa shape index (κ2) is 11.1. The van der Waals surface area contributed by atoms with E-state index in [9.17, 15) is 14.4 Å². The Morgan fingerprint density at radius 3 is 2.36 bits per heavy atom. The van der Waals surface area contributed by atoms with Crippen molar-refractivity contribution in [1.82, 2.24) is 5.32 Å². The Labute approximate surface area is 201 Å². The lowest BCUT2D eigenvalue weighted by atomic mass is 10.1. The van der Waals surface area contributed by atoms with Crippen LogP contribution in [0.5, 0.6) is 0 Å². The van der Waals surface area contributed by atoms with Gasteiger partial charge in [-0.25, -0.2) is 4.79 Å². The Hall–Kier alpha value is -3.16. The van der Waals surface area contributed by atoms with Crippen LogP contribution >= 0.6 is 22.9 Å². The number of thiophene rings is 1. The highest BCUT2D eigenvalue weighted by molar-refractivity contribution is 7.18. The van der Waals surface area contributed by atoms with Gasteiger partial charge in [0.1, 0.15) is 5.00 Å². The Morgan fingerprint density at radius 2 is 1.73 bits per heavy atom. The molecule has 6 nitrogen and oxygen atoms in total. The summed E-state index contributed by atoms with van der Waals surface area (Å²) < 4.78 is 5.18. The van der Waals surface area contributed by atoms with Gasteiger partial charge in [-0.05, 0) is 49.6 Å². The van der Waals surface area contributed by atoms with Crippen LogP contribution in [0.3, 0.4) is 0 Å². The Bertz CT molecular complexity index is 1140. The number of hydrogen-bond acceptors (Lipinski definition) is 5. The molecule has 1 aromatic heterocycles. The van der Waals surface area contributed by atoms with Gasteiger partial charge in [-0.3, -0.25) is 9.59 Å². The van der Waals surface area contributed by atoms with Crippen LogP contribution in [0.4, 0.5) is 5.00 Å². The van der Waals surface area contributed by atoms with Crippen molar-refractivity contribution in [2.45, 2.75) is 33.2 Å². The quantitative estimate of drug-likeness (QED) is 0.410. The molecule has 1 heterocycles. The minimum absolute atomic E-state index is 0.100. The van der Waals surface area contributed by atoms with Crippen LogP contribution in [-0.2, 0) is 16.0 Å². The average Bonchev–Trinajstić information content (AvgIpc) is 3.11. The van der Waals surface area contributed by atoms with Gasteiger partial charge in [0.15, 0.2) is 0 Å². The highest BCUT2D eigenvalue weighted by atomic mass is 35.5. The van der Waals surface area contributed by atoms with Crippen molar-refractivity contribution in [1.29, 1.82) is 0 Å². The van der Waals surface area contributed by atoms with Crippen LogP contribution in [0.25, 0.3) is 0 Å². The average molecular weight is 485 g/mol. The molecule has 0 radical (unpaired) electrons. The number of amides is 2. The molecular weight excluding hydrogens is 460 g/mol. The summed E-state index contributed by atoms with van der Waals surface area (Å²) in [4.78, 5) is 38.7. The summed E-state index contributed by atoms with van der Waals surface area (Å²) in [6, 6.07) is 16.3. The van der Waals surface area contributed by atoms with Crippen LogP contribution < -0.4 is 10.6 Å². The van der Waals surface area contributed by atoms with Gasteiger partial charge in [-0.2, -0.15) is 0 Å². The molecule has 0 saturated carbocycles. The fraction of sp³-hybridized carbons (Fsp3) is 0.240. The molecule has 2 aromatic carbocycles. The van der Waals surface area contributed by atoms with Gasteiger partial charge in [-0.1, -0.05) is 54.1 Å². The molecule has 33 heavy (non-hydrogen) atoms. The molecule has 3 rings (SSSR count). The molecule has 8 heteroatoms. The molecule has 3 aromatic rings. The molecule has 0 spiro atoms. The van der Waals surface area contributed by atoms with Gasteiger partial charge in [-0.15, -0.1) is 11.3 Å². The topological polar surface area (TPSA) is 84.5 Å². The van der Waals surface area contributed by atoms with E-state index in [1.54, 1.807) is 38.1 Å². The maximum atomic E-state index is 13.0. The molecule has 1 atom stereocenters. The third-order valence-corrected chi connectivity index (χ3v) is 6.47. The predicted molar refractivity (Wildman–Crippen MR) is 131 cm³/mol. The van der Waals surface area contributed by atoms with E-state index in [1.807, 2.05) is 37.3 Å². The monoisotopic (exact) mass is 484 g/mol. The van der Waals surface area contributed by atoms with Crippen LogP contribution in [0.2, 0.25) is 5.02 Å². The van der Waals surface area contributed by atoms with Gasteiger partial charge in [0.05, 0.1) is 29.5 Å². The standard InChI is InChI=1S/C25H25ClN2O4S/c1-4-32-25(31)21-15(2)22(23(30)27-16(3)18-8-6-5-7-9-18)33-24(21)28-20(29)14-17-10-12-19(26)13-11-17/h5-13,16H,4,14H2,1-3H3,(H,27,30)(H,28,29). The van der Waals surface area contributed by atoms with E-state index in [-0.39, 0.29) is 36.4 Å². The molecule has 0 bridgehead atoms. The van der Waals surface area contributed by atoms with E-state index < -0.39 is 5.97 Å². The number of nitrogens with one attached hydrogen (secondary N) is 2. The molecule has 0 fully saturated rings. The molecule has 0 aliphatic rings. The first-order valence-corrected chi connectivity index (χ1v) is 11.7. The fourth-order valence-electron chi connectivity index (χ4n) is 3.31. The lowest BCUT2D eigenvalue weighted by Crippen LogP contribution is -2.26. The van der Waals surface area contributed by atoms with Crippen molar-refractivity contribution in [2.75, 3.05) is 11.9 Å². The third-order valence-electron chi connectivity index (χ3n) is 5.01. The summed E-state index contributed by atoms with van der Waals surface area (Å²) in [5, 5.41) is 6.61. The van der Waals surface area contributed by atoms with Crippen molar-refractivity contribution in [3.8, 4) is 0 Å². The Balaban J connectivity index is 1.84. The molecule has 1 unspecified atom stereocenters. The van der Waals surface area contributed by atoms with Crippen molar-refractivity contribution in [3.63, 3.8) is 0 Å². The van der Waals surface area contributed by atoms with Gasteiger partial charge >= 0.3 is 5.97 Å². The Morgan fingerprint density at radius 1 is 1.06 bits per heavy atom. The maximum absolute atomic E-state index is 13.0. The van der Waals surface area contributed by atoms with Crippen LogP contribution in [0.15, 0.2) is 54.6 Å². The molecule has 0 aliphatic carbocycles. The predicted octanol–water partition coefficient (Wildman–Crippen LogP) is 5.56. The van der Waals surface area contributed by atoms with Crippen LogP contribution in [0, 0.1) is 6.92 Å². The first-order chi connectivity index (χ1) is 15.8. The van der Waals surface area contributed by atoms with E-state index in [0.717, 1.165) is 22.5 Å². The van der Waals surface area contributed by atoms with Crippen molar-refractivity contribution >= 4 is 45.7 Å². The number of benzene rings is 2. The minimum Gasteiger partial charge on any atom is -0.462 e. The minimum atomic E-state index is -0.580. The first kappa shape index (κ1) is 24.5. The summed E-state index contributed by atoms with van der Waals surface area (Å²) in [5.41, 5.74) is 2.40. The van der Waals surface area contributed by atoms with E-state index in [1.165, 1.54) is 0 Å². The summed E-state index contributed by atoms with van der Waals surface area (Å²) >= 11 is 6.96. The van der Waals surface area contributed by atoms with Crippen molar-refractivity contribution in [3.05, 3.63) is 86.8 Å². The van der Waals surface area contributed by atoms with E-state index in [4.69, 9.17) is 16.3 Å². The van der Waals surface area contributed by atoms with Gasteiger partial charge in [0.25, 0.3) is 5.91 Å². The first-order valence-electron chi connectivity index (χ1n) is 10.5. The van der Waals surface area contributed by atoms with E-state index in [0.29, 0.717) is 20.5 Å². The highest BCUT2D eigenvalue weighted by Gasteiger charge is 2.27. The second-order valence-corrected chi connectivity index (χ2v) is 8.90. The van der Waals surface area contributed by atoms with Crippen molar-refractivity contribution in [2.24, 2.45) is 0 Å². The largest absolute Gasteiger partial charge is 0.462 e. The number of carbonyl (C=O) groups excluding carboxylic acids is 3. The van der Waals surface area contributed by atoms with Gasteiger partial charge in [0, 0.05) is 5.02 Å². The summed E-state index contributed by atoms with van der Waals surface area (Å²) in [6.07, 6.45) is 0.100. The molecular formula is C25H25ClN2O4S. The number of anilines is 1. The number of rotatable bonds is 8. The lowest BCUT2D eigenvalue weighted by Gasteiger charge is -2.14. The van der Waals surface area contributed by atoms with Gasteiger partial charge in [0.2, 0.25) is 5.91 Å². The number of ether oxygens (including phenoxy) is 1. The second-order valence-electron chi connectivity index (χ2n) is 7.44. The van der Waals surface area contributed by atoms with Crippen molar-refractivity contribution < 1.29 is 19.1 Å². The lowest BCUT2D eigenvalue weighted by molar-refractivity contribution is -0.115. The number of halogens is 1. The number of hydrogen-bond donors (Lipinski definition) is 2. The number of carbonyl (C=O) groups is 3. The van der Waals surface area contributed by atoms with Crippen LogP contribution in [-0.4, -0.2) is 24.4 Å². The zero-order valence-electron chi connectivity index (χ0n) is 18.6. The molecule has 0 saturated heterocycles. The van der Waals surface area contributed by atoms with E-state index >= 15 is 0 Å². The SMILES string of the molecule is CCOC(=O)c1c(NC(=O)Cc2ccc(Cl)cc2)sc(C(=O)NC(C)c2ccccc2)c1C. The normalized spacial score (nSPS) is 11.5. The third kappa shape index (κ3) is 6.21. The molecule has 0 aliphatic heterocycles. The smallest absolute Gasteiger partial charge is 0.341 e. The highest BCUT2D eigenvalue weighted by Crippen LogP contribution is 2.34. The summed E-state index contributed by atoms with van der Waals surface area (Å²) in [6.45, 7) is 5.45. The molecule has 172 valence electrons. The number of esters is 1. The van der Waals surface area contributed by atoms with E-state index in [2.05, 4.69) is 10.6 Å².